The molecule has 3 saturated carbocycles. The molecule has 124 valence electrons. The fraction of sp³-hybridized carbons (Fsp3) is 0.900. The van der Waals surface area contributed by atoms with Crippen LogP contribution in [-0.4, -0.2) is 16.7 Å². The summed E-state index contributed by atoms with van der Waals surface area (Å²) in [5, 5.41) is 10.5. The lowest BCUT2D eigenvalue weighted by atomic mass is 9.47. The Labute approximate surface area is 135 Å². The highest BCUT2D eigenvalue weighted by Crippen LogP contribution is 2.65. The molecule has 4 aliphatic carbocycles. The number of fused-ring (bicyclic) bond motifs is 5. The predicted octanol–water partition coefficient (Wildman–Crippen LogP) is 4.03. The Bertz CT molecular complexity index is 510. The summed E-state index contributed by atoms with van der Waals surface area (Å²) in [5.74, 6) is 2.55. The second-order valence-electron chi connectivity index (χ2n) is 9.59. The molecule has 2 nitrogen and oxygen atoms in total. The van der Waals surface area contributed by atoms with Gasteiger partial charge in [0.2, 0.25) is 0 Å². The molecule has 0 aliphatic heterocycles. The van der Waals surface area contributed by atoms with Crippen molar-refractivity contribution >= 4 is 0 Å². The third-order valence-electron chi connectivity index (χ3n) is 8.45. The maximum Gasteiger partial charge on any atom is 0.0802 e. The van der Waals surface area contributed by atoms with Crippen molar-refractivity contribution in [1.29, 1.82) is 0 Å². The van der Waals surface area contributed by atoms with Crippen molar-refractivity contribution in [2.75, 3.05) is 0 Å². The Kier molecular flexibility index (Phi) is 3.18. The summed E-state index contributed by atoms with van der Waals surface area (Å²) >= 11 is 0. The maximum absolute atomic E-state index is 10.5. The van der Waals surface area contributed by atoms with Crippen LogP contribution in [0.15, 0.2) is 11.6 Å². The van der Waals surface area contributed by atoms with E-state index in [1.807, 2.05) is 6.92 Å². The third-order valence-corrected chi connectivity index (χ3v) is 8.45. The average Bonchev–Trinajstić information content (AvgIpc) is 2.76. The SMILES string of the molecule is C[C@]12CC[C@H]3[C@@H](CCC4=C[C@@](C)(O)CC[C@@]43C)[C@@H]1CC[C@@H]2N. The van der Waals surface area contributed by atoms with Crippen LogP contribution in [-0.2, 0) is 0 Å². The van der Waals surface area contributed by atoms with Gasteiger partial charge in [-0.2, -0.15) is 0 Å². The first-order valence-corrected chi connectivity index (χ1v) is 9.46. The van der Waals surface area contributed by atoms with E-state index in [-0.39, 0.29) is 0 Å². The molecule has 0 aromatic carbocycles. The van der Waals surface area contributed by atoms with Gasteiger partial charge in [-0.15, -0.1) is 0 Å². The van der Waals surface area contributed by atoms with Gasteiger partial charge in [-0.05, 0) is 86.9 Å². The molecule has 7 atom stereocenters. The third kappa shape index (κ3) is 1.92. The lowest BCUT2D eigenvalue weighted by Gasteiger charge is -2.59. The molecular formula is C20H33NO. The van der Waals surface area contributed by atoms with Gasteiger partial charge < -0.3 is 10.8 Å². The van der Waals surface area contributed by atoms with Crippen LogP contribution >= 0.6 is 0 Å². The Morgan fingerprint density at radius 2 is 1.77 bits per heavy atom. The first kappa shape index (κ1) is 15.2. The average molecular weight is 303 g/mol. The van der Waals surface area contributed by atoms with E-state index >= 15 is 0 Å². The van der Waals surface area contributed by atoms with Crippen molar-refractivity contribution < 1.29 is 5.11 Å². The van der Waals surface area contributed by atoms with Gasteiger partial charge in [0.15, 0.2) is 0 Å². The first-order valence-electron chi connectivity index (χ1n) is 9.46. The number of rotatable bonds is 0. The van der Waals surface area contributed by atoms with Gasteiger partial charge in [0.25, 0.3) is 0 Å². The van der Waals surface area contributed by atoms with Crippen LogP contribution in [0, 0.1) is 28.6 Å². The second-order valence-corrected chi connectivity index (χ2v) is 9.59. The minimum atomic E-state index is -0.569. The van der Waals surface area contributed by atoms with Crippen LogP contribution in [0.5, 0.6) is 0 Å². The van der Waals surface area contributed by atoms with E-state index in [2.05, 4.69) is 19.9 Å². The molecule has 0 radical (unpaired) electrons. The van der Waals surface area contributed by atoms with Crippen LogP contribution in [0.1, 0.15) is 72.1 Å². The van der Waals surface area contributed by atoms with Gasteiger partial charge in [0.1, 0.15) is 0 Å². The van der Waals surface area contributed by atoms with E-state index in [9.17, 15) is 5.11 Å². The largest absolute Gasteiger partial charge is 0.386 e. The number of allylic oxidation sites excluding steroid dienone is 1. The van der Waals surface area contributed by atoms with Crippen molar-refractivity contribution in [1.82, 2.24) is 0 Å². The van der Waals surface area contributed by atoms with Crippen molar-refractivity contribution in [3.63, 3.8) is 0 Å². The highest BCUT2D eigenvalue weighted by atomic mass is 16.3. The van der Waals surface area contributed by atoms with E-state index in [0.717, 1.165) is 24.2 Å². The molecular weight excluding hydrogens is 270 g/mol. The monoisotopic (exact) mass is 303 g/mol. The molecule has 0 unspecified atom stereocenters. The lowest BCUT2D eigenvalue weighted by molar-refractivity contribution is -0.0525. The van der Waals surface area contributed by atoms with Crippen LogP contribution in [0.4, 0.5) is 0 Å². The van der Waals surface area contributed by atoms with Crippen LogP contribution in [0.2, 0.25) is 0 Å². The summed E-state index contributed by atoms with van der Waals surface area (Å²) < 4.78 is 0. The van der Waals surface area contributed by atoms with Crippen molar-refractivity contribution in [2.45, 2.75) is 83.8 Å². The Morgan fingerprint density at radius 1 is 1.00 bits per heavy atom. The fourth-order valence-corrected chi connectivity index (χ4v) is 6.91. The van der Waals surface area contributed by atoms with Gasteiger partial charge in [0.05, 0.1) is 5.60 Å². The molecule has 0 aromatic heterocycles. The van der Waals surface area contributed by atoms with Crippen molar-refractivity contribution in [2.24, 2.45) is 34.3 Å². The van der Waals surface area contributed by atoms with Crippen molar-refractivity contribution in [3.8, 4) is 0 Å². The Hall–Kier alpha value is -0.340. The predicted molar refractivity (Wildman–Crippen MR) is 90.3 cm³/mol. The molecule has 0 aromatic rings. The van der Waals surface area contributed by atoms with Gasteiger partial charge in [-0.3, -0.25) is 0 Å². The molecule has 22 heavy (non-hydrogen) atoms. The minimum absolute atomic E-state index is 0.346. The number of hydrogen-bond acceptors (Lipinski definition) is 2. The first-order chi connectivity index (χ1) is 10.3. The summed E-state index contributed by atoms with van der Waals surface area (Å²) in [7, 11) is 0. The molecule has 0 amide bonds. The molecule has 3 N–H and O–H groups in total. The highest BCUT2D eigenvalue weighted by molar-refractivity contribution is 5.27. The van der Waals surface area contributed by atoms with E-state index in [4.69, 9.17) is 5.73 Å². The number of hydrogen-bond donors (Lipinski definition) is 2. The highest BCUT2D eigenvalue weighted by Gasteiger charge is 2.58. The number of nitrogens with two attached hydrogens (primary N) is 1. The minimum Gasteiger partial charge on any atom is -0.386 e. The van der Waals surface area contributed by atoms with Gasteiger partial charge >= 0.3 is 0 Å². The Balaban J connectivity index is 1.68. The zero-order valence-electron chi connectivity index (χ0n) is 14.6. The van der Waals surface area contributed by atoms with Crippen LogP contribution in [0.3, 0.4) is 0 Å². The zero-order chi connectivity index (χ0) is 15.8. The molecule has 0 spiro atoms. The molecule has 0 bridgehead atoms. The van der Waals surface area contributed by atoms with Crippen LogP contribution < -0.4 is 5.73 Å². The molecule has 4 aliphatic rings. The van der Waals surface area contributed by atoms with E-state index in [1.165, 1.54) is 44.9 Å². The summed E-state index contributed by atoms with van der Waals surface area (Å²) in [6.07, 6.45) is 12.1. The molecule has 0 heterocycles. The molecule has 4 rings (SSSR count). The topological polar surface area (TPSA) is 46.2 Å². The quantitative estimate of drug-likeness (QED) is 0.664. The smallest absolute Gasteiger partial charge is 0.0802 e. The Morgan fingerprint density at radius 3 is 2.55 bits per heavy atom. The summed E-state index contributed by atoms with van der Waals surface area (Å²) in [6, 6.07) is 0.426. The van der Waals surface area contributed by atoms with E-state index in [1.54, 1.807) is 5.57 Å². The fourth-order valence-electron chi connectivity index (χ4n) is 6.91. The zero-order valence-corrected chi connectivity index (χ0v) is 14.6. The summed E-state index contributed by atoms with van der Waals surface area (Å²) in [5.41, 5.74) is 8.25. The summed E-state index contributed by atoms with van der Waals surface area (Å²) in [4.78, 5) is 0. The van der Waals surface area contributed by atoms with E-state index in [0.29, 0.717) is 16.9 Å². The maximum atomic E-state index is 10.5. The second kappa shape index (κ2) is 4.60. The van der Waals surface area contributed by atoms with Gasteiger partial charge in [-0.1, -0.05) is 25.5 Å². The molecule has 3 fully saturated rings. The van der Waals surface area contributed by atoms with Crippen molar-refractivity contribution in [3.05, 3.63) is 11.6 Å². The molecule has 2 heteroatoms. The summed E-state index contributed by atoms with van der Waals surface area (Å²) in [6.45, 7) is 6.97. The van der Waals surface area contributed by atoms with E-state index < -0.39 is 5.60 Å². The van der Waals surface area contributed by atoms with Crippen LogP contribution in [0.25, 0.3) is 0 Å². The number of aliphatic hydroxyl groups is 1. The van der Waals surface area contributed by atoms with Gasteiger partial charge in [-0.25, -0.2) is 0 Å². The molecule has 0 saturated heterocycles. The normalized spacial score (nSPS) is 57.6. The lowest BCUT2D eigenvalue weighted by Crippen LogP contribution is -2.53. The van der Waals surface area contributed by atoms with Gasteiger partial charge in [0, 0.05) is 6.04 Å². The standard InChI is InChI=1S/C20H33NO/c1-18(22)10-11-19(2)13(12-18)4-5-14-15-6-7-17(21)20(15,3)9-8-16(14)19/h12,14-17,22H,4-11,21H2,1-3H3/t14-,15-,16-,17-,18-,19-,20-/m0/s1.